The summed E-state index contributed by atoms with van der Waals surface area (Å²) in [5.41, 5.74) is 5.50. The summed E-state index contributed by atoms with van der Waals surface area (Å²) in [7, 11) is 1.63. The molecule has 0 unspecified atom stereocenters. The van der Waals surface area contributed by atoms with Crippen molar-refractivity contribution in [2.24, 2.45) is 16.8 Å². The number of carbonyl (C=O) groups is 1. The van der Waals surface area contributed by atoms with Gasteiger partial charge in [0, 0.05) is 32.5 Å². The summed E-state index contributed by atoms with van der Waals surface area (Å²) in [5.74, 6) is 0.469. The molecular formula is C15H29N3O3. The highest BCUT2D eigenvalue weighted by atomic mass is 16.5. The smallest absolute Gasteiger partial charge is 0.225 e. The topological polar surface area (TPSA) is 88.2 Å². The van der Waals surface area contributed by atoms with Gasteiger partial charge in [0.25, 0.3) is 0 Å². The van der Waals surface area contributed by atoms with Crippen molar-refractivity contribution in [2.45, 2.75) is 51.4 Å². The van der Waals surface area contributed by atoms with Crippen LogP contribution in [-0.4, -0.2) is 48.7 Å². The highest BCUT2D eigenvalue weighted by Crippen LogP contribution is 2.24. The monoisotopic (exact) mass is 299 g/mol. The predicted molar refractivity (Wildman–Crippen MR) is 82.3 cm³/mol. The summed E-state index contributed by atoms with van der Waals surface area (Å²) in [6, 6.07) is 0. The minimum atomic E-state index is 0.120. The molecule has 0 spiro atoms. The molecule has 1 rings (SSSR count). The quantitative estimate of drug-likeness (QED) is 0.325. The van der Waals surface area contributed by atoms with Crippen molar-refractivity contribution in [1.82, 2.24) is 4.90 Å². The molecule has 0 aromatic carbocycles. The number of amidine groups is 1. The lowest BCUT2D eigenvalue weighted by atomic mass is 9.90. The van der Waals surface area contributed by atoms with Crippen LogP contribution in [0.2, 0.25) is 0 Å². The Bertz CT molecular complexity index is 326. The Balaban J connectivity index is 2.58. The predicted octanol–water partition coefficient (Wildman–Crippen LogP) is 1.96. The fourth-order valence-corrected chi connectivity index (χ4v) is 2.79. The van der Waals surface area contributed by atoms with E-state index in [4.69, 9.17) is 15.7 Å². The van der Waals surface area contributed by atoms with E-state index in [9.17, 15) is 4.79 Å². The lowest BCUT2D eigenvalue weighted by Crippen LogP contribution is -2.40. The van der Waals surface area contributed by atoms with Crippen LogP contribution in [0, 0.1) is 5.92 Å². The normalized spacial score (nSPS) is 18.0. The second-order valence-corrected chi connectivity index (χ2v) is 5.70. The van der Waals surface area contributed by atoms with Crippen molar-refractivity contribution in [3.8, 4) is 0 Å². The minimum Gasteiger partial charge on any atom is -0.409 e. The van der Waals surface area contributed by atoms with E-state index in [1.807, 2.05) is 0 Å². The molecule has 1 aliphatic carbocycles. The van der Waals surface area contributed by atoms with Gasteiger partial charge in [-0.3, -0.25) is 4.79 Å². The molecule has 3 N–H and O–H groups in total. The van der Waals surface area contributed by atoms with Crippen molar-refractivity contribution < 1.29 is 14.7 Å². The van der Waals surface area contributed by atoms with Gasteiger partial charge in [-0.2, -0.15) is 0 Å². The third kappa shape index (κ3) is 6.80. The molecular weight excluding hydrogens is 270 g/mol. The first-order valence-corrected chi connectivity index (χ1v) is 7.93. The van der Waals surface area contributed by atoms with Gasteiger partial charge in [-0.25, -0.2) is 0 Å². The van der Waals surface area contributed by atoms with E-state index < -0.39 is 0 Å². The molecule has 1 fully saturated rings. The number of hydrogen-bond donors (Lipinski definition) is 2. The second-order valence-electron chi connectivity index (χ2n) is 5.70. The van der Waals surface area contributed by atoms with Gasteiger partial charge in [-0.05, 0) is 12.8 Å². The SMILES string of the molecule is COCCN(CCC(N)=NO)C(=O)C1CCCCCCC1. The number of ether oxygens (including phenoxy) is 1. The van der Waals surface area contributed by atoms with E-state index in [0.717, 1.165) is 25.7 Å². The molecule has 0 aromatic rings. The van der Waals surface area contributed by atoms with Crippen molar-refractivity contribution in [3.63, 3.8) is 0 Å². The van der Waals surface area contributed by atoms with Crippen molar-refractivity contribution in [2.75, 3.05) is 26.8 Å². The molecule has 1 aliphatic rings. The lowest BCUT2D eigenvalue weighted by Gasteiger charge is -2.28. The first-order chi connectivity index (χ1) is 10.2. The maximum Gasteiger partial charge on any atom is 0.225 e. The third-order valence-electron chi connectivity index (χ3n) is 4.10. The maximum atomic E-state index is 12.7. The molecule has 1 saturated carbocycles. The highest BCUT2D eigenvalue weighted by molar-refractivity contribution is 5.82. The lowest BCUT2D eigenvalue weighted by molar-refractivity contribution is -0.136. The van der Waals surface area contributed by atoms with Crippen molar-refractivity contribution >= 4 is 11.7 Å². The largest absolute Gasteiger partial charge is 0.409 e. The van der Waals surface area contributed by atoms with E-state index >= 15 is 0 Å². The molecule has 0 heterocycles. The van der Waals surface area contributed by atoms with Gasteiger partial charge in [-0.15, -0.1) is 0 Å². The first kappa shape index (κ1) is 17.8. The number of methoxy groups -OCH3 is 1. The van der Waals surface area contributed by atoms with Gasteiger partial charge < -0.3 is 20.6 Å². The summed E-state index contributed by atoms with van der Waals surface area (Å²) in [5, 5.41) is 11.6. The Morgan fingerprint density at radius 3 is 2.43 bits per heavy atom. The number of rotatable bonds is 7. The zero-order valence-corrected chi connectivity index (χ0v) is 13.1. The molecule has 0 saturated heterocycles. The fraction of sp³-hybridized carbons (Fsp3) is 0.867. The molecule has 1 amide bonds. The Kier molecular flexibility index (Phi) is 8.82. The molecule has 0 aromatic heterocycles. The van der Waals surface area contributed by atoms with Crippen molar-refractivity contribution in [1.29, 1.82) is 0 Å². The second kappa shape index (κ2) is 10.4. The van der Waals surface area contributed by atoms with Gasteiger partial charge in [0.2, 0.25) is 5.91 Å². The van der Waals surface area contributed by atoms with Gasteiger partial charge in [-0.1, -0.05) is 37.3 Å². The van der Waals surface area contributed by atoms with E-state index in [-0.39, 0.29) is 17.7 Å². The molecule has 0 bridgehead atoms. The number of nitrogens with zero attached hydrogens (tertiary/aromatic N) is 2. The zero-order valence-electron chi connectivity index (χ0n) is 13.1. The van der Waals surface area contributed by atoms with Crippen LogP contribution >= 0.6 is 0 Å². The van der Waals surface area contributed by atoms with Gasteiger partial charge in [0.05, 0.1) is 6.61 Å². The summed E-state index contributed by atoms with van der Waals surface area (Å²) in [6.45, 7) is 1.55. The Morgan fingerprint density at radius 2 is 1.86 bits per heavy atom. The van der Waals surface area contributed by atoms with Gasteiger partial charge in [0.1, 0.15) is 5.84 Å². The summed E-state index contributed by atoms with van der Waals surface area (Å²) >= 11 is 0. The highest BCUT2D eigenvalue weighted by Gasteiger charge is 2.24. The molecule has 21 heavy (non-hydrogen) atoms. The van der Waals surface area contributed by atoms with Crippen LogP contribution in [0.3, 0.4) is 0 Å². The summed E-state index contributed by atoms with van der Waals surface area (Å²) in [4.78, 5) is 14.5. The number of hydrogen-bond acceptors (Lipinski definition) is 4. The molecule has 0 atom stereocenters. The average Bonchev–Trinajstić information content (AvgIpc) is 2.46. The van der Waals surface area contributed by atoms with Crippen LogP contribution in [0.1, 0.15) is 51.4 Å². The molecule has 0 radical (unpaired) electrons. The average molecular weight is 299 g/mol. The molecule has 6 nitrogen and oxygen atoms in total. The number of oxime groups is 1. The van der Waals surface area contributed by atoms with Crippen LogP contribution in [0.4, 0.5) is 0 Å². The maximum absolute atomic E-state index is 12.7. The van der Waals surface area contributed by atoms with Crippen molar-refractivity contribution in [3.05, 3.63) is 0 Å². The first-order valence-electron chi connectivity index (χ1n) is 7.93. The molecule has 6 heteroatoms. The summed E-state index contributed by atoms with van der Waals surface area (Å²) in [6.07, 6.45) is 8.36. The number of nitrogens with two attached hydrogens (primary N) is 1. The standard InChI is InChI=1S/C15H29N3O3/c1-21-12-11-18(10-9-14(16)17-20)15(19)13-7-5-3-2-4-6-8-13/h13,20H,2-12H2,1H3,(H2,16,17). The van der Waals surface area contributed by atoms with Gasteiger partial charge in [0.15, 0.2) is 0 Å². The van der Waals surface area contributed by atoms with E-state index in [2.05, 4.69) is 5.16 Å². The van der Waals surface area contributed by atoms with Crippen LogP contribution in [0.15, 0.2) is 5.16 Å². The van der Waals surface area contributed by atoms with Crippen LogP contribution in [0.5, 0.6) is 0 Å². The van der Waals surface area contributed by atoms with E-state index in [1.54, 1.807) is 12.0 Å². The zero-order chi connectivity index (χ0) is 15.5. The molecule has 122 valence electrons. The van der Waals surface area contributed by atoms with Crippen LogP contribution in [-0.2, 0) is 9.53 Å². The third-order valence-corrected chi connectivity index (χ3v) is 4.10. The Labute approximate surface area is 127 Å². The minimum absolute atomic E-state index is 0.120. The Morgan fingerprint density at radius 1 is 1.24 bits per heavy atom. The number of amides is 1. The van der Waals surface area contributed by atoms with E-state index in [1.165, 1.54) is 19.3 Å². The van der Waals surface area contributed by atoms with E-state index in [0.29, 0.717) is 26.1 Å². The number of carbonyl (C=O) groups excluding carboxylic acids is 1. The summed E-state index contributed by atoms with van der Waals surface area (Å²) < 4.78 is 5.08. The van der Waals surface area contributed by atoms with Gasteiger partial charge >= 0.3 is 0 Å². The Hall–Kier alpha value is -1.30. The van der Waals surface area contributed by atoms with Crippen LogP contribution < -0.4 is 5.73 Å². The molecule has 0 aliphatic heterocycles. The fourth-order valence-electron chi connectivity index (χ4n) is 2.79. The van der Waals surface area contributed by atoms with Crippen LogP contribution in [0.25, 0.3) is 0 Å².